The third-order valence-electron chi connectivity index (χ3n) is 5.54. The lowest BCUT2D eigenvalue weighted by Gasteiger charge is -2.33. The topological polar surface area (TPSA) is 88.0 Å². The van der Waals surface area contributed by atoms with Crippen LogP contribution in [-0.4, -0.2) is 81.7 Å². The average Bonchev–Trinajstić information content (AvgIpc) is 3.23. The summed E-state index contributed by atoms with van der Waals surface area (Å²) in [4.78, 5) is 42.7. The van der Waals surface area contributed by atoms with Crippen LogP contribution in [0.1, 0.15) is 33.5 Å². The number of nitrogens with zero attached hydrogens (tertiary/aromatic N) is 5. The fourth-order valence-corrected chi connectivity index (χ4v) is 4.14. The summed E-state index contributed by atoms with van der Waals surface area (Å²) >= 11 is 12.1. The molecule has 32 heavy (non-hydrogen) atoms. The quantitative estimate of drug-likeness (QED) is 0.672. The Hall–Kier alpha value is -2.78. The number of carbonyl (C=O) groups is 3. The Labute approximate surface area is 195 Å². The van der Waals surface area contributed by atoms with Gasteiger partial charge in [0.1, 0.15) is 5.69 Å². The molecule has 0 radical (unpaired) electrons. The highest BCUT2D eigenvalue weighted by atomic mass is 35.5. The summed E-state index contributed by atoms with van der Waals surface area (Å²) in [6.07, 6.45) is -0.371. The van der Waals surface area contributed by atoms with E-state index in [4.69, 9.17) is 27.9 Å². The van der Waals surface area contributed by atoms with Gasteiger partial charge in [0.15, 0.2) is 5.69 Å². The van der Waals surface area contributed by atoms with Crippen molar-refractivity contribution < 1.29 is 19.1 Å². The van der Waals surface area contributed by atoms with E-state index in [1.807, 2.05) is 6.07 Å². The number of hydrogen-bond donors (Lipinski definition) is 0. The van der Waals surface area contributed by atoms with Crippen molar-refractivity contribution in [1.29, 1.82) is 0 Å². The van der Waals surface area contributed by atoms with Crippen molar-refractivity contribution in [2.45, 2.75) is 20.0 Å². The molecule has 0 aliphatic carbocycles. The van der Waals surface area contributed by atoms with E-state index in [1.54, 1.807) is 44.5 Å². The highest BCUT2D eigenvalue weighted by Gasteiger charge is 2.31. The molecule has 0 unspecified atom stereocenters. The fraction of sp³-hybridized carbons (Fsp3) is 0.429. The van der Waals surface area contributed by atoms with Crippen LogP contribution in [0.5, 0.6) is 0 Å². The maximum atomic E-state index is 13.0. The summed E-state index contributed by atoms with van der Waals surface area (Å²) in [5.41, 5.74) is 1.48. The average molecular weight is 480 g/mol. The second-order valence-corrected chi connectivity index (χ2v) is 8.41. The predicted molar refractivity (Wildman–Crippen MR) is 118 cm³/mol. The van der Waals surface area contributed by atoms with Gasteiger partial charge in [0, 0.05) is 45.3 Å². The van der Waals surface area contributed by atoms with E-state index in [1.165, 1.54) is 0 Å². The van der Waals surface area contributed by atoms with Crippen LogP contribution in [-0.2, 0) is 17.8 Å². The zero-order valence-corrected chi connectivity index (χ0v) is 19.1. The molecule has 3 amide bonds. The van der Waals surface area contributed by atoms with E-state index in [-0.39, 0.29) is 23.6 Å². The van der Waals surface area contributed by atoms with Crippen LogP contribution < -0.4 is 0 Å². The summed E-state index contributed by atoms with van der Waals surface area (Å²) in [7, 11) is 0. The first-order valence-corrected chi connectivity index (χ1v) is 11.1. The lowest BCUT2D eigenvalue weighted by Crippen LogP contribution is -2.50. The minimum absolute atomic E-state index is 0.194. The summed E-state index contributed by atoms with van der Waals surface area (Å²) in [6, 6.07) is 6.83. The van der Waals surface area contributed by atoms with Crippen molar-refractivity contribution in [3.05, 3.63) is 51.3 Å². The first-order valence-electron chi connectivity index (χ1n) is 10.4. The van der Waals surface area contributed by atoms with Crippen LogP contribution in [0.2, 0.25) is 10.0 Å². The maximum Gasteiger partial charge on any atom is 0.409 e. The molecule has 9 nitrogen and oxygen atoms in total. The second kappa shape index (κ2) is 9.38. The van der Waals surface area contributed by atoms with Crippen molar-refractivity contribution in [3.8, 4) is 0 Å². The van der Waals surface area contributed by atoms with Crippen LogP contribution >= 0.6 is 23.2 Å². The number of piperazine rings is 1. The van der Waals surface area contributed by atoms with Gasteiger partial charge in [-0.3, -0.25) is 14.3 Å². The number of benzene rings is 1. The van der Waals surface area contributed by atoms with Crippen LogP contribution in [0, 0.1) is 0 Å². The van der Waals surface area contributed by atoms with Crippen molar-refractivity contribution in [2.75, 3.05) is 39.3 Å². The molecule has 1 saturated heterocycles. The lowest BCUT2D eigenvalue weighted by molar-refractivity contribution is 0.0564. The van der Waals surface area contributed by atoms with Crippen molar-refractivity contribution in [3.63, 3.8) is 0 Å². The van der Waals surface area contributed by atoms with Gasteiger partial charge in [-0.1, -0.05) is 29.3 Å². The Bertz CT molecular complexity index is 1050. The first-order chi connectivity index (χ1) is 15.4. The number of halogens is 2. The van der Waals surface area contributed by atoms with Crippen LogP contribution in [0.3, 0.4) is 0 Å². The Kier molecular flexibility index (Phi) is 6.57. The Balaban J connectivity index is 1.41. The van der Waals surface area contributed by atoms with Crippen LogP contribution in [0.25, 0.3) is 0 Å². The molecule has 2 aromatic rings. The van der Waals surface area contributed by atoms with Gasteiger partial charge in [0.2, 0.25) is 0 Å². The third-order valence-corrected chi connectivity index (χ3v) is 6.28. The molecule has 0 saturated carbocycles. The summed E-state index contributed by atoms with van der Waals surface area (Å²) in [5.74, 6) is -0.444. The molecule has 0 spiro atoms. The SMILES string of the molecule is CCOC(=O)N1CCN(C(=O)c2cc3n(n2)CCN(Cc2ccc(Cl)c(Cl)c2)C3=O)CC1. The number of amides is 3. The largest absolute Gasteiger partial charge is 0.450 e. The zero-order valence-electron chi connectivity index (χ0n) is 17.6. The van der Waals surface area contributed by atoms with E-state index >= 15 is 0 Å². The van der Waals surface area contributed by atoms with Gasteiger partial charge in [-0.05, 0) is 24.6 Å². The summed E-state index contributed by atoms with van der Waals surface area (Å²) in [6.45, 7) is 4.99. The molecule has 1 aromatic carbocycles. The number of hydrogen-bond acceptors (Lipinski definition) is 5. The monoisotopic (exact) mass is 479 g/mol. The molecular formula is C21H23Cl2N5O4. The van der Waals surface area contributed by atoms with Gasteiger partial charge >= 0.3 is 6.09 Å². The minimum Gasteiger partial charge on any atom is -0.450 e. The number of rotatable bonds is 4. The lowest BCUT2D eigenvalue weighted by atomic mass is 10.2. The molecule has 4 rings (SSSR count). The van der Waals surface area contributed by atoms with E-state index in [0.717, 1.165) is 5.56 Å². The Morgan fingerprint density at radius 3 is 2.41 bits per heavy atom. The van der Waals surface area contributed by atoms with Gasteiger partial charge < -0.3 is 19.4 Å². The Morgan fingerprint density at radius 2 is 1.72 bits per heavy atom. The van der Waals surface area contributed by atoms with E-state index < -0.39 is 0 Å². The van der Waals surface area contributed by atoms with Crippen LogP contribution in [0.4, 0.5) is 4.79 Å². The smallest absolute Gasteiger partial charge is 0.409 e. The minimum atomic E-state index is -0.371. The summed E-state index contributed by atoms with van der Waals surface area (Å²) < 4.78 is 6.58. The molecule has 11 heteroatoms. The number of aromatic nitrogens is 2. The third kappa shape index (κ3) is 4.54. The normalized spacial score (nSPS) is 16.2. The molecule has 3 heterocycles. The highest BCUT2D eigenvalue weighted by molar-refractivity contribution is 6.42. The van der Waals surface area contributed by atoms with E-state index in [9.17, 15) is 14.4 Å². The fourth-order valence-electron chi connectivity index (χ4n) is 3.82. The number of ether oxygens (including phenoxy) is 1. The number of carbonyl (C=O) groups excluding carboxylic acids is 3. The molecule has 2 aliphatic rings. The molecule has 2 aliphatic heterocycles. The van der Waals surface area contributed by atoms with Crippen molar-refractivity contribution in [2.24, 2.45) is 0 Å². The maximum absolute atomic E-state index is 13.0. The van der Waals surface area contributed by atoms with Crippen LogP contribution in [0.15, 0.2) is 24.3 Å². The highest BCUT2D eigenvalue weighted by Crippen LogP contribution is 2.24. The molecular weight excluding hydrogens is 457 g/mol. The van der Waals surface area contributed by atoms with E-state index in [0.29, 0.717) is 68.2 Å². The molecule has 1 aromatic heterocycles. The van der Waals surface area contributed by atoms with Gasteiger partial charge in [-0.2, -0.15) is 5.10 Å². The molecule has 0 N–H and O–H groups in total. The molecule has 0 bridgehead atoms. The van der Waals surface area contributed by atoms with Crippen molar-refractivity contribution >= 4 is 41.1 Å². The number of fused-ring (bicyclic) bond motifs is 1. The van der Waals surface area contributed by atoms with E-state index in [2.05, 4.69) is 5.10 Å². The molecule has 170 valence electrons. The zero-order chi connectivity index (χ0) is 22.8. The second-order valence-electron chi connectivity index (χ2n) is 7.59. The summed E-state index contributed by atoms with van der Waals surface area (Å²) in [5, 5.41) is 5.26. The van der Waals surface area contributed by atoms with Gasteiger partial charge in [0.25, 0.3) is 11.8 Å². The van der Waals surface area contributed by atoms with Gasteiger partial charge in [-0.25, -0.2) is 4.79 Å². The molecule has 0 atom stereocenters. The predicted octanol–water partition coefficient (Wildman–Crippen LogP) is 2.76. The standard InChI is InChI=1S/C21H23Cl2N5O4/c1-2-32-21(31)26-7-5-25(6-8-26)19(29)17-12-18-20(30)27(9-10-28(18)24-17)13-14-3-4-15(22)16(23)11-14/h3-4,11-12H,2,5-10,13H2,1H3. The van der Waals surface area contributed by atoms with Gasteiger partial charge in [0.05, 0.1) is 23.2 Å². The van der Waals surface area contributed by atoms with Crippen molar-refractivity contribution in [1.82, 2.24) is 24.5 Å². The first kappa shape index (κ1) is 22.4. The Morgan fingerprint density at radius 1 is 1.00 bits per heavy atom. The molecule has 1 fully saturated rings. The van der Waals surface area contributed by atoms with Gasteiger partial charge in [-0.15, -0.1) is 0 Å².